The Kier molecular flexibility index (Phi) is 4.06. The summed E-state index contributed by atoms with van der Waals surface area (Å²) < 4.78 is 11.1. The van der Waals surface area contributed by atoms with Gasteiger partial charge in [-0.05, 0) is 45.4 Å². The molecule has 2 fully saturated rings. The van der Waals surface area contributed by atoms with E-state index in [0.29, 0.717) is 6.54 Å². The van der Waals surface area contributed by atoms with Gasteiger partial charge in [-0.25, -0.2) is 4.79 Å². The quantitative estimate of drug-likeness (QED) is 0.788. The minimum absolute atomic E-state index is 0.198. The molecule has 0 aromatic heterocycles. The predicted molar refractivity (Wildman–Crippen MR) is 72.9 cm³/mol. The number of amides is 1. The molecule has 1 atom stereocenters. The zero-order valence-corrected chi connectivity index (χ0v) is 12.3. The Balaban J connectivity index is 1.84. The maximum atomic E-state index is 12.0. The summed E-state index contributed by atoms with van der Waals surface area (Å²) in [6.45, 7) is 8.59. The molecule has 0 aromatic carbocycles. The third-order valence-electron chi connectivity index (χ3n) is 4.02. The summed E-state index contributed by atoms with van der Waals surface area (Å²) in [5.41, 5.74) is 5.47. The monoisotopic (exact) mass is 270 g/mol. The molecule has 0 unspecified atom stereocenters. The van der Waals surface area contributed by atoms with Gasteiger partial charge in [0, 0.05) is 19.6 Å². The van der Waals surface area contributed by atoms with E-state index in [9.17, 15) is 4.79 Å². The fraction of sp³-hybridized carbons (Fsp3) is 0.929. The smallest absolute Gasteiger partial charge is 0.410 e. The van der Waals surface area contributed by atoms with Gasteiger partial charge in [-0.15, -0.1) is 0 Å². The van der Waals surface area contributed by atoms with Crippen molar-refractivity contribution in [1.82, 2.24) is 4.90 Å². The zero-order valence-electron chi connectivity index (χ0n) is 12.3. The van der Waals surface area contributed by atoms with E-state index < -0.39 is 5.60 Å². The molecule has 0 saturated carbocycles. The summed E-state index contributed by atoms with van der Waals surface area (Å²) in [5.74, 6) is 0. The van der Waals surface area contributed by atoms with E-state index >= 15 is 0 Å². The first kappa shape index (κ1) is 14.6. The number of hydrogen-bond donors (Lipinski definition) is 1. The van der Waals surface area contributed by atoms with Gasteiger partial charge in [-0.1, -0.05) is 0 Å². The molecule has 2 N–H and O–H groups in total. The Morgan fingerprint density at radius 2 is 2.05 bits per heavy atom. The topological polar surface area (TPSA) is 64.8 Å². The second kappa shape index (κ2) is 5.29. The second-order valence-corrected chi connectivity index (χ2v) is 6.84. The Morgan fingerprint density at radius 3 is 2.53 bits per heavy atom. The van der Waals surface area contributed by atoms with Crippen LogP contribution in [0.2, 0.25) is 0 Å². The van der Waals surface area contributed by atoms with Crippen LogP contribution in [0, 0.1) is 5.41 Å². The van der Waals surface area contributed by atoms with Gasteiger partial charge >= 0.3 is 6.09 Å². The largest absolute Gasteiger partial charge is 0.444 e. The van der Waals surface area contributed by atoms with E-state index in [4.69, 9.17) is 15.2 Å². The van der Waals surface area contributed by atoms with E-state index in [0.717, 1.165) is 39.0 Å². The first-order chi connectivity index (χ1) is 8.84. The number of ether oxygens (including phenoxy) is 2. The van der Waals surface area contributed by atoms with Crippen molar-refractivity contribution in [2.45, 2.75) is 51.7 Å². The molecule has 2 rings (SSSR count). The number of rotatable bonds is 1. The standard InChI is InChI=1S/C14H26N2O3/c1-13(2,3)19-12(17)16-6-4-14(5-7-16)8-11(9-15)18-10-14/h11H,4-10,15H2,1-3H3/t11-/m1/s1. The molecular formula is C14H26N2O3. The summed E-state index contributed by atoms with van der Waals surface area (Å²) >= 11 is 0. The minimum atomic E-state index is -0.423. The second-order valence-electron chi connectivity index (χ2n) is 6.84. The molecule has 2 aliphatic rings. The molecule has 1 spiro atoms. The van der Waals surface area contributed by atoms with Crippen LogP contribution in [0.5, 0.6) is 0 Å². The Hall–Kier alpha value is -0.810. The lowest BCUT2D eigenvalue weighted by Crippen LogP contribution is -2.45. The molecule has 2 heterocycles. The van der Waals surface area contributed by atoms with Crippen molar-refractivity contribution in [3.05, 3.63) is 0 Å². The maximum absolute atomic E-state index is 12.0. The van der Waals surface area contributed by atoms with Crippen molar-refractivity contribution >= 4 is 6.09 Å². The SMILES string of the molecule is CC(C)(C)OC(=O)N1CCC2(CC1)CO[C@@H](CN)C2. The maximum Gasteiger partial charge on any atom is 0.410 e. The lowest BCUT2D eigenvalue weighted by molar-refractivity contribution is 0.00794. The first-order valence-electron chi connectivity index (χ1n) is 7.13. The predicted octanol–water partition coefficient (Wildman–Crippen LogP) is 1.75. The third-order valence-corrected chi connectivity index (χ3v) is 4.02. The van der Waals surface area contributed by atoms with E-state index in [-0.39, 0.29) is 17.6 Å². The molecule has 2 saturated heterocycles. The number of carbonyl (C=O) groups excluding carboxylic acids is 1. The molecule has 0 aliphatic carbocycles. The molecule has 0 aromatic rings. The molecule has 0 bridgehead atoms. The summed E-state index contributed by atoms with van der Waals surface area (Å²) in [4.78, 5) is 13.8. The zero-order chi connectivity index (χ0) is 14.1. The lowest BCUT2D eigenvalue weighted by atomic mass is 9.77. The Morgan fingerprint density at radius 1 is 1.42 bits per heavy atom. The van der Waals surface area contributed by atoms with Crippen LogP contribution in [0.15, 0.2) is 0 Å². The van der Waals surface area contributed by atoms with E-state index in [1.54, 1.807) is 0 Å². The van der Waals surface area contributed by atoms with Gasteiger partial charge in [0.25, 0.3) is 0 Å². The number of piperidine rings is 1. The highest BCUT2D eigenvalue weighted by Crippen LogP contribution is 2.41. The van der Waals surface area contributed by atoms with Crippen LogP contribution in [-0.2, 0) is 9.47 Å². The van der Waals surface area contributed by atoms with Crippen molar-refractivity contribution in [3.63, 3.8) is 0 Å². The molecule has 19 heavy (non-hydrogen) atoms. The van der Waals surface area contributed by atoms with E-state index in [2.05, 4.69) is 0 Å². The van der Waals surface area contributed by atoms with Crippen LogP contribution < -0.4 is 5.73 Å². The summed E-state index contributed by atoms with van der Waals surface area (Å²) in [6.07, 6.45) is 3.02. The van der Waals surface area contributed by atoms with Crippen LogP contribution in [0.25, 0.3) is 0 Å². The number of likely N-dealkylation sites (tertiary alicyclic amines) is 1. The average molecular weight is 270 g/mol. The number of hydrogen-bond acceptors (Lipinski definition) is 4. The molecule has 5 nitrogen and oxygen atoms in total. The highest BCUT2D eigenvalue weighted by atomic mass is 16.6. The number of nitrogens with zero attached hydrogens (tertiary/aromatic N) is 1. The lowest BCUT2D eigenvalue weighted by Gasteiger charge is -2.38. The van der Waals surface area contributed by atoms with Crippen molar-refractivity contribution in [2.75, 3.05) is 26.2 Å². The van der Waals surface area contributed by atoms with E-state index in [1.807, 2.05) is 25.7 Å². The molecule has 2 aliphatic heterocycles. The van der Waals surface area contributed by atoms with Crippen LogP contribution in [0.1, 0.15) is 40.0 Å². The van der Waals surface area contributed by atoms with Crippen molar-refractivity contribution in [2.24, 2.45) is 11.1 Å². The van der Waals surface area contributed by atoms with Crippen LogP contribution in [0.3, 0.4) is 0 Å². The normalized spacial score (nSPS) is 26.7. The fourth-order valence-corrected chi connectivity index (χ4v) is 2.89. The Bertz CT molecular complexity index is 330. The highest BCUT2D eigenvalue weighted by molar-refractivity contribution is 5.68. The van der Waals surface area contributed by atoms with Crippen LogP contribution in [-0.4, -0.2) is 48.9 Å². The summed E-state index contributed by atoms with van der Waals surface area (Å²) in [6, 6.07) is 0. The van der Waals surface area contributed by atoms with Gasteiger partial charge in [-0.3, -0.25) is 0 Å². The molecule has 0 radical (unpaired) electrons. The van der Waals surface area contributed by atoms with Crippen molar-refractivity contribution < 1.29 is 14.3 Å². The Labute approximate surface area is 115 Å². The molecule has 1 amide bonds. The van der Waals surface area contributed by atoms with Gasteiger partial charge in [0.15, 0.2) is 0 Å². The average Bonchev–Trinajstić information content (AvgIpc) is 2.71. The van der Waals surface area contributed by atoms with Crippen molar-refractivity contribution in [3.8, 4) is 0 Å². The van der Waals surface area contributed by atoms with Crippen molar-refractivity contribution in [1.29, 1.82) is 0 Å². The summed E-state index contributed by atoms with van der Waals surface area (Å²) in [5, 5.41) is 0. The van der Waals surface area contributed by atoms with Crippen LogP contribution >= 0.6 is 0 Å². The molecule has 110 valence electrons. The van der Waals surface area contributed by atoms with Crippen LogP contribution in [0.4, 0.5) is 4.79 Å². The first-order valence-corrected chi connectivity index (χ1v) is 7.13. The highest BCUT2D eigenvalue weighted by Gasteiger charge is 2.43. The fourth-order valence-electron chi connectivity index (χ4n) is 2.89. The summed E-state index contributed by atoms with van der Waals surface area (Å²) in [7, 11) is 0. The molecular weight excluding hydrogens is 244 g/mol. The van der Waals surface area contributed by atoms with Gasteiger partial charge in [0.1, 0.15) is 5.60 Å². The number of nitrogens with two attached hydrogens (primary N) is 1. The number of carbonyl (C=O) groups is 1. The van der Waals surface area contributed by atoms with E-state index in [1.165, 1.54) is 0 Å². The van der Waals surface area contributed by atoms with Gasteiger partial charge < -0.3 is 20.1 Å². The van der Waals surface area contributed by atoms with Gasteiger partial charge in [-0.2, -0.15) is 0 Å². The minimum Gasteiger partial charge on any atom is -0.444 e. The van der Waals surface area contributed by atoms with Gasteiger partial charge in [0.2, 0.25) is 0 Å². The van der Waals surface area contributed by atoms with Gasteiger partial charge in [0.05, 0.1) is 12.7 Å². The molecule has 5 heteroatoms. The third kappa shape index (κ3) is 3.60.